The lowest BCUT2D eigenvalue weighted by Crippen LogP contribution is -2.12. The van der Waals surface area contributed by atoms with Gasteiger partial charge in [-0.25, -0.2) is 0 Å². The zero-order valence-electron chi connectivity index (χ0n) is 14.4. The molecule has 0 unspecified atom stereocenters. The number of methoxy groups -OCH3 is 1. The first-order valence-electron chi connectivity index (χ1n) is 8.15. The van der Waals surface area contributed by atoms with E-state index in [4.69, 9.17) is 10.5 Å². The number of anilines is 1. The molecule has 25 heavy (non-hydrogen) atoms. The summed E-state index contributed by atoms with van der Waals surface area (Å²) in [5, 5.41) is 4.53. The maximum Gasteiger partial charge on any atom is 0.248 e. The molecular formula is C20H21N3O2. The van der Waals surface area contributed by atoms with E-state index in [0.717, 1.165) is 46.4 Å². The van der Waals surface area contributed by atoms with Crippen LogP contribution in [0.4, 0.5) is 5.69 Å². The molecule has 0 fully saturated rings. The van der Waals surface area contributed by atoms with Crippen molar-refractivity contribution in [1.82, 2.24) is 4.98 Å². The van der Waals surface area contributed by atoms with Gasteiger partial charge in [0.2, 0.25) is 5.91 Å². The summed E-state index contributed by atoms with van der Waals surface area (Å²) in [4.78, 5) is 15.8. The minimum absolute atomic E-state index is 0.405. The number of nitrogens with one attached hydrogen (secondary N) is 1. The quantitative estimate of drug-likeness (QED) is 0.724. The molecule has 0 aliphatic rings. The highest BCUT2D eigenvalue weighted by Crippen LogP contribution is 2.31. The first-order valence-corrected chi connectivity index (χ1v) is 8.15. The second kappa shape index (κ2) is 7.21. The van der Waals surface area contributed by atoms with Gasteiger partial charge in [-0.3, -0.25) is 9.78 Å². The number of pyridine rings is 1. The van der Waals surface area contributed by atoms with Gasteiger partial charge < -0.3 is 15.8 Å². The molecule has 0 radical (unpaired) electrons. The van der Waals surface area contributed by atoms with Crippen LogP contribution in [0.15, 0.2) is 48.7 Å². The van der Waals surface area contributed by atoms with Crippen LogP contribution in [0.5, 0.6) is 5.75 Å². The molecule has 5 heteroatoms. The van der Waals surface area contributed by atoms with Crippen LogP contribution in [0.3, 0.4) is 0 Å². The number of hydrogen-bond acceptors (Lipinski definition) is 4. The lowest BCUT2D eigenvalue weighted by Gasteiger charge is -2.14. The summed E-state index contributed by atoms with van der Waals surface area (Å²) in [6.45, 7) is 2.77. The highest BCUT2D eigenvalue weighted by Gasteiger charge is 2.09. The highest BCUT2D eigenvalue weighted by atomic mass is 16.5. The van der Waals surface area contributed by atoms with E-state index < -0.39 is 5.91 Å². The number of hydrogen-bond donors (Lipinski definition) is 2. The molecule has 1 aromatic heterocycles. The molecule has 1 amide bonds. The second-order valence-electron chi connectivity index (χ2n) is 5.91. The number of ether oxygens (including phenoxy) is 1. The van der Waals surface area contributed by atoms with Gasteiger partial charge in [-0.1, -0.05) is 24.3 Å². The number of carbonyl (C=O) groups is 1. The molecular weight excluding hydrogens is 314 g/mol. The molecule has 128 valence electrons. The molecule has 2 aromatic carbocycles. The van der Waals surface area contributed by atoms with E-state index in [2.05, 4.69) is 10.3 Å². The molecule has 0 bridgehead atoms. The Kier molecular flexibility index (Phi) is 4.84. The van der Waals surface area contributed by atoms with Crippen LogP contribution in [0.1, 0.15) is 21.5 Å². The fourth-order valence-electron chi connectivity index (χ4n) is 2.91. The average molecular weight is 335 g/mol. The van der Waals surface area contributed by atoms with Crippen molar-refractivity contribution in [2.75, 3.05) is 19.0 Å². The molecule has 1 heterocycles. The SMILES string of the molecule is COc1cccc2c(NCCc3cccc(C(N)=O)c3)c(C)cnc12. The number of amides is 1. The zero-order chi connectivity index (χ0) is 17.8. The second-order valence-corrected chi connectivity index (χ2v) is 5.91. The largest absolute Gasteiger partial charge is 0.494 e. The van der Waals surface area contributed by atoms with E-state index in [9.17, 15) is 4.79 Å². The van der Waals surface area contributed by atoms with Gasteiger partial charge in [0.1, 0.15) is 11.3 Å². The van der Waals surface area contributed by atoms with E-state index in [1.807, 2.05) is 49.5 Å². The number of primary amides is 1. The summed E-state index contributed by atoms with van der Waals surface area (Å²) in [5.41, 5.74) is 9.91. The third-order valence-corrected chi connectivity index (χ3v) is 4.20. The number of carbonyl (C=O) groups excluding carboxylic acids is 1. The molecule has 0 saturated heterocycles. The number of nitrogens with zero attached hydrogens (tertiary/aromatic N) is 1. The monoisotopic (exact) mass is 335 g/mol. The van der Waals surface area contributed by atoms with Gasteiger partial charge in [0, 0.05) is 29.4 Å². The normalized spacial score (nSPS) is 10.6. The Balaban J connectivity index is 1.80. The molecule has 0 spiro atoms. The van der Waals surface area contributed by atoms with Gasteiger partial charge in [0.05, 0.1) is 7.11 Å². The molecule has 3 rings (SSSR count). The van der Waals surface area contributed by atoms with Crippen molar-refractivity contribution < 1.29 is 9.53 Å². The number of nitrogens with two attached hydrogens (primary N) is 1. The first kappa shape index (κ1) is 16.8. The van der Waals surface area contributed by atoms with Crippen LogP contribution in [0.25, 0.3) is 10.9 Å². The lowest BCUT2D eigenvalue weighted by atomic mass is 10.1. The van der Waals surface area contributed by atoms with Crippen molar-refractivity contribution in [2.24, 2.45) is 5.73 Å². The molecule has 3 aromatic rings. The summed E-state index contributed by atoms with van der Waals surface area (Å²) >= 11 is 0. The van der Waals surface area contributed by atoms with E-state index in [1.54, 1.807) is 13.2 Å². The van der Waals surface area contributed by atoms with E-state index in [-0.39, 0.29) is 0 Å². The maximum atomic E-state index is 11.3. The Labute approximate surface area is 146 Å². The Bertz CT molecular complexity index is 922. The van der Waals surface area contributed by atoms with Crippen molar-refractivity contribution in [2.45, 2.75) is 13.3 Å². The number of para-hydroxylation sites is 1. The van der Waals surface area contributed by atoms with Crippen molar-refractivity contribution in [3.05, 3.63) is 65.4 Å². The fourth-order valence-corrected chi connectivity index (χ4v) is 2.91. The molecule has 0 aliphatic carbocycles. The third-order valence-electron chi connectivity index (χ3n) is 4.20. The smallest absolute Gasteiger partial charge is 0.248 e. The molecule has 5 nitrogen and oxygen atoms in total. The van der Waals surface area contributed by atoms with Crippen molar-refractivity contribution in [3.63, 3.8) is 0 Å². The summed E-state index contributed by atoms with van der Waals surface area (Å²) in [6, 6.07) is 13.3. The molecule has 0 saturated carbocycles. The van der Waals surface area contributed by atoms with Crippen LogP contribution < -0.4 is 15.8 Å². The van der Waals surface area contributed by atoms with Crippen molar-refractivity contribution in [1.29, 1.82) is 0 Å². The zero-order valence-corrected chi connectivity index (χ0v) is 14.4. The number of aryl methyl sites for hydroxylation is 1. The van der Waals surface area contributed by atoms with Crippen LogP contribution in [-0.4, -0.2) is 24.5 Å². The van der Waals surface area contributed by atoms with Crippen LogP contribution in [-0.2, 0) is 6.42 Å². The summed E-state index contributed by atoms with van der Waals surface area (Å²) in [7, 11) is 1.65. The van der Waals surface area contributed by atoms with Crippen LogP contribution >= 0.6 is 0 Å². The van der Waals surface area contributed by atoms with Crippen LogP contribution in [0, 0.1) is 6.92 Å². The average Bonchev–Trinajstić information content (AvgIpc) is 2.63. The maximum absolute atomic E-state index is 11.3. The summed E-state index contributed by atoms with van der Waals surface area (Å²) < 4.78 is 5.40. The van der Waals surface area contributed by atoms with E-state index >= 15 is 0 Å². The van der Waals surface area contributed by atoms with Crippen molar-refractivity contribution in [3.8, 4) is 5.75 Å². The lowest BCUT2D eigenvalue weighted by molar-refractivity contribution is 0.1000. The topological polar surface area (TPSA) is 77.2 Å². The number of fused-ring (bicyclic) bond motifs is 1. The third kappa shape index (κ3) is 3.55. The fraction of sp³-hybridized carbons (Fsp3) is 0.200. The Hall–Kier alpha value is -3.08. The predicted octanol–water partition coefficient (Wildman–Crippen LogP) is 3.31. The van der Waals surface area contributed by atoms with Gasteiger partial charge >= 0.3 is 0 Å². The number of benzene rings is 2. The molecule has 3 N–H and O–H groups in total. The van der Waals surface area contributed by atoms with E-state index in [1.165, 1.54) is 0 Å². The van der Waals surface area contributed by atoms with Crippen molar-refractivity contribution >= 4 is 22.5 Å². The van der Waals surface area contributed by atoms with Gasteiger partial charge in [0.25, 0.3) is 0 Å². The standard InChI is InChI=1S/C20H21N3O2/c1-13-12-23-19-16(7-4-8-17(19)25-2)18(13)22-10-9-14-5-3-6-15(11-14)20(21)24/h3-8,11-12H,9-10H2,1-2H3,(H2,21,24)(H,22,23). The van der Waals surface area contributed by atoms with Crippen LogP contribution in [0.2, 0.25) is 0 Å². The Morgan fingerprint density at radius 3 is 2.80 bits per heavy atom. The van der Waals surface area contributed by atoms with E-state index in [0.29, 0.717) is 5.56 Å². The predicted molar refractivity (Wildman–Crippen MR) is 100 cm³/mol. The summed E-state index contributed by atoms with van der Waals surface area (Å²) in [5.74, 6) is 0.354. The molecule has 0 aliphatic heterocycles. The minimum atomic E-state index is -0.405. The Morgan fingerprint density at radius 1 is 1.24 bits per heavy atom. The highest BCUT2D eigenvalue weighted by molar-refractivity contribution is 5.96. The summed E-state index contributed by atoms with van der Waals surface area (Å²) in [6.07, 6.45) is 2.63. The number of rotatable bonds is 6. The Morgan fingerprint density at radius 2 is 2.04 bits per heavy atom. The minimum Gasteiger partial charge on any atom is -0.494 e. The van der Waals surface area contributed by atoms with Gasteiger partial charge in [-0.05, 0) is 42.7 Å². The number of aromatic nitrogens is 1. The van der Waals surface area contributed by atoms with Gasteiger partial charge in [0.15, 0.2) is 0 Å². The van der Waals surface area contributed by atoms with Gasteiger partial charge in [-0.15, -0.1) is 0 Å². The van der Waals surface area contributed by atoms with Gasteiger partial charge in [-0.2, -0.15) is 0 Å². The molecule has 0 atom stereocenters. The first-order chi connectivity index (χ1) is 12.1.